The molecule has 0 radical (unpaired) electrons. The maximum atomic E-state index is 12.5. The van der Waals surface area contributed by atoms with E-state index in [0.29, 0.717) is 38.3 Å². The summed E-state index contributed by atoms with van der Waals surface area (Å²) in [6.45, 7) is 1.65. The third kappa shape index (κ3) is 5.62. The standard InChI is InChI=1S/C22H24F2N2O4/c1-2-29-20-15-16(3-9-19(20)30-22(23)24)4-10-21(28)26-13-11-25(12-14-26)17-5-7-18(27)8-6-17/h3-10,15,22,27H,2,11-14H2,1H3/b10-4+. The molecule has 1 amide bonds. The second-order valence-corrected chi connectivity index (χ2v) is 6.68. The van der Waals surface area contributed by atoms with E-state index in [1.807, 2.05) is 12.1 Å². The highest BCUT2D eigenvalue weighted by Gasteiger charge is 2.20. The van der Waals surface area contributed by atoms with E-state index in [4.69, 9.17) is 4.74 Å². The number of anilines is 1. The van der Waals surface area contributed by atoms with E-state index >= 15 is 0 Å². The van der Waals surface area contributed by atoms with Gasteiger partial charge in [0.15, 0.2) is 11.5 Å². The highest BCUT2D eigenvalue weighted by atomic mass is 19.3. The SMILES string of the molecule is CCOc1cc(/C=C/C(=O)N2CCN(c3ccc(O)cc3)CC2)ccc1OC(F)F. The highest BCUT2D eigenvalue weighted by molar-refractivity contribution is 5.92. The van der Waals surface area contributed by atoms with Crippen molar-refractivity contribution in [1.29, 1.82) is 0 Å². The number of carbonyl (C=O) groups is 1. The lowest BCUT2D eigenvalue weighted by Crippen LogP contribution is -2.48. The summed E-state index contributed by atoms with van der Waals surface area (Å²) in [6.07, 6.45) is 3.10. The number of phenols is 1. The molecule has 0 unspecified atom stereocenters. The van der Waals surface area contributed by atoms with Gasteiger partial charge in [0, 0.05) is 37.9 Å². The Balaban J connectivity index is 1.59. The summed E-state index contributed by atoms with van der Waals surface area (Å²) in [5.74, 6) is 0.265. The summed E-state index contributed by atoms with van der Waals surface area (Å²) >= 11 is 0. The Kier molecular flexibility index (Phi) is 7.11. The molecule has 3 rings (SSSR count). The topological polar surface area (TPSA) is 62.2 Å². The van der Waals surface area contributed by atoms with Gasteiger partial charge in [-0.1, -0.05) is 6.07 Å². The van der Waals surface area contributed by atoms with Gasteiger partial charge in [-0.15, -0.1) is 0 Å². The Morgan fingerprint density at radius 2 is 1.80 bits per heavy atom. The van der Waals surface area contributed by atoms with Crippen molar-refractivity contribution in [2.24, 2.45) is 0 Å². The van der Waals surface area contributed by atoms with Crippen molar-refractivity contribution in [3.8, 4) is 17.2 Å². The van der Waals surface area contributed by atoms with Crippen LogP contribution >= 0.6 is 0 Å². The third-order valence-electron chi connectivity index (χ3n) is 4.71. The van der Waals surface area contributed by atoms with E-state index in [2.05, 4.69) is 9.64 Å². The van der Waals surface area contributed by atoms with Gasteiger partial charge in [-0.3, -0.25) is 4.79 Å². The maximum Gasteiger partial charge on any atom is 0.387 e. The average Bonchev–Trinajstić information content (AvgIpc) is 2.74. The number of amides is 1. The molecule has 1 fully saturated rings. The second-order valence-electron chi connectivity index (χ2n) is 6.68. The molecular formula is C22H24F2N2O4. The van der Waals surface area contributed by atoms with Crippen molar-refractivity contribution >= 4 is 17.7 Å². The van der Waals surface area contributed by atoms with Crippen LogP contribution in [0.25, 0.3) is 6.08 Å². The number of rotatable bonds is 7. The van der Waals surface area contributed by atoms with Gasteiger partial charge in [-0.05, 0) is 55.0 Å². The van der Waals surface area contributed by atoms with E-state index in [0.717, 1.165) is 5.69 Å². The van der Waals surface area contributed by atoms with Gasteiger partial charge >= 0.3 is 6.61 Å². The van der Waals surface area contributed by atoms with Crippen molar-refractivity contribution in [3.05, 3.63) is 54.1 Å². The molecule has 0 aliphatic carbocycles. The molecule has 1 heterocycles. The summed E-state index contributed by atoms with van der Waals surface area (Å²) in [5.41, 5.74) is 1.65. The lowest BCUT2D eigenvalue weighted by atomic mass is 10.1. The number of alkyl halides is 2. The number of nitrogens with zero attached hydrogens (tertiary/aromatic N) is 2. The zero-order valence-corrected chi connectivity index (χ0v) is 16.6. The van der Waals surface area contributed by atoms with E-state index in [1.54, 1.807) is 42.2 Å². The van der Waals surface area contributed by atoms with Crippen LogP contribution < -0.4 is 14.4 Å². The quantitative estimate of drug-likeness (QED) is 0.694. The molecule has 1 saturated heterocycles. The number of aromatic hydroxyl groups is 1. The van der Waals surface area contributed by atoms with Gasteiger partial charge in [0.25, 0.3) is 0 Å². The van der Waals surface area contributed by atoms with Gasteiger partial charge in [0.05, 0.1) is 6.61 Å². The highest BCUT2D eigenvalue weighted by Crippen LogP contribution is 2.30. The molecule has 160 valence electrons. The minimum Gasteiger partial charge on any atom is -0.508 e. The molecule has 0 spiro atoms. The van der Waals surface area contributed by atoms with E-state index in [1.165, 1.54) is 12.1 Å². The van der Waals surface area contributed by atoms with Crippen molar-refractivity contribution in [3.63, 3.8) is 0 Å². The van der Waals surface area contributed by atoms with Crippen molar-refractivity contribution in [2.75, 3.05) is 37.7 Å². The number of halogens is 2. The maximum absolute atomic E-state index is 12.5. The van der Waals surface area contributed by atoms with Gasteiger partial charge in [0.1, 0.15) is 5.75 Å². The molecule has 8 heteroatoms. The summed E-state index contributed by atoms with van der Waals surface area (Å²) in [5, 5.41) is 9.40. The van der Waals surface area contributed by atoms with Crippen LogP contribution in [0.15, 0.2) is 48.5 Å². The smallest absolute Gasteiger partial charge is 0.387 e. The Bertz CT molecular complexity index is 879. The normalized spacial score (nSPS) is 14.4. The fourth-order valence-electron chi connectivity index (χ4n) is 3.21. The first-order valence-electron chi connectivity index (χ1n) is 9.69. The van der Waals surface area contributed by atoms with Crippen molar-refractivity contribution < 1.29 is 28.2 Å². The summed E-state index contributed by atoms with van der Waals surface area (Å²) in [6, 6.07) is 11.5. The zero-order chi connectivity index (χ0) is 21.5. The summed E-state index contributed by atoms with van der Waals surface area (Å²) < 4.78 is 34.8. The van der Waals surface area contributed by atoms with Gasteiger partial charge in [-0.25, -0.2) is 0 Å². The minimum atomic E-state index is -2.94. The second kappa shape index (κ2) is 9.96. The van der Waals surface area contributed by atoms with E-state index in [-0.39, 0.29) is 23.2 Å². The van der Waals surface area contributed by atoms with E-state index in [9.17, 15) is 18.7 Å². The molecular weight excluding hydrogens is 394 g/mol. The van der Waals surface area contributed by atoms with Crippen LogP contribution in [-0.4, -0.2) is 55.3 Å². The Morgan fingerprint density at radius 1 is 1.10 bits per heavy atom. The lowest BCUT2D eigenvalue weighted by molar-refractivity contribution is -0.126. The zero-order valence-electron chi connectivity index (χ0n) is 16.6. The molecule has 0 bridgehead atoms. The number of hydrogen-bond acceptors (Lipinski definition) is 5. The molecule has 0 atom stereocenters. The number of benzene rings is 2. The molecule has 0 aromatic heterocycles. The van der Waals surface area contributed by atoms with Crippen LogP contribution in [0.2, 0.25) is 0 Å². The van der Waals surface area contributed by atoms with Crippen LogP contribution in [0.1, 0.15) is 12.5 Å². The average molecular weight is 418 g/mol. The van der Waals surface area contributed by atoms with Crippen LogP contribution in [0.5, 0.6) is 17.2 Å². The number of ether oxygens (including phenoxy) is 2. The Labute approximate surface area is 173 Å². The Hall–Kier alpha value is -3.29. The number of piperazine rings is 1. The first kappa shape index (κ1) is 21.4. The number of hydrogen-bond donors (Lipinski definition) is 1. The fourth-order valence-corrected chi connectivity index (χ4v) is 3.21. The van der Waals surface area contributed by atoms with Crippen molar-refractivity contribution in [2.45, 2.75) is 13.5 Å². The third-order valence-corrected chi connectivity index (χ3v) is 4.71. The summed E-state index contributed by atoms with van der Waals surface area (Å²) in [4.78, 5) is 16.4. The van der Waals surface area contributed by atoms with Gasteiger partial charge < -0.3 is 24.4 Å². The minimum absolute atomic E-state index is 0.0410. The molecule has 30 heavy (non-hydrogen) atoms. The molecule has 1 aliphatic rings. The predicted octanol–water partition coefficient (Wildman–Crippen LogP) is 3.75. The molecule has 2 aromatic carbocycles. The first-order chi connectivity index (χ1) is 14.5. The number of carbonyl (C=O) groups excluding carboxylic acids is 1. The molecule has 6 nitrogen and oxygen atoms in total. The van der Waals surface area contributed by atoms with E-state index < -0.39 is 6.61 Å². The first-order valence-corrected chi connectivity index (χ1v) is 9.69. The van der Waals surface area contributed by atoms with Crippen LogP contribution in [-0.2, 0) is 4.79 Å². The van der Waals surface area contributed by atoms with Crippen LogP contribution in [0.4, 0.5) is 14.5 Å². The summed E-state index contributed by atoms with van der Waals surface area (Å²) in [7, 11) is 0. The fraction of sp³-hybridized carbons (Fsp3) is 0.318. The number of phenolic OH excluding ortho intramolecular Hbond substituents is 1. The largest absolute Gasteiger partial charge is 0.508 e. The van der Waals surface area contributed by atoms with Crippen LogP contribution in [0, 0.1) is 0 Å². The monoisotopic (exact) mass is 418 g/mol. The van der Waals surface area contributed by atoms with Gasteiger partial charge in [0.2, 0.25) is 5.91 Å². The molecule has 1 aliphatic heterocycles. The molecule has 1 N–H and O–H groups in total. The van der Waals surface area contributed by atoms with Gasteiger partial charge in [-0.2, -0.15) is 8.78 Å². The lowest BCUT2D eigenvalue weighted by Gasteiger charge is -2.35. The van der Waals surface area contributed by atoms with Crippen LogP contribution in [0.3, 0.4) is 0 Å². The Morgan fingerprint density at radius 3 is 2.43 bits per heavy atom. The molecule has 2 aromatic rings. The van der Waals surface area contributed by atoms with Crippen molar-refractivity contribution in [1.82, 2.24) is 4.90 Å². The predicted molar refractivity (Wildman–Crippen MR) is 110 cm³/mol. The molecule has 0 saturated carbocycles.